The summed E-state index contributed by atoms with van der Waals surface area (Å²) in [4.78, 5) is 21.8. The van der Waals surface area contributed by atoms with Crippen molar-refractivity contribution in [1.29, 1.82) is 0 Å². The van der Waals surface area contributed by atoms with Crippen LogP contribution in [0.3, 0.4) is 0 Å². The summed E-state index contributed by atoms with van der Waals surface area (Å²) < 4.78 is 4.46. The van der Waals surface area contributed by atoms with Gasteiger partial charge in [0.05, 0.1) is 17.6 Å². The van der Waals surface area contributed by atoms with Crippen molar-refractivity contribution in [2.75, 3.05) is 7.11 Å². The predicted octanol–water partition coefficient (Wildman–Crippen LogP) is 2.86. The van der Waals surface area contributed by atoms with E-state index in [0.717, 1.165) is 6.08 Å². The second-order valence-corrected chi connectivity index (χ2v) is 4.75. The third-order valence-electron chi connectivity index (χ3n) is 3.28. The minimum atomic E-state index is -0.964. The predicted molar refractivity (Wildman–Crippen MR) is 84.7 cm³/mol. The molecule has 6 nitrogen and oxygen atoms in total. The topological polar surface area (TPSA) is 89.7 Å². The molecular weight excluding hydrogens is 298 g/mol. The van der Waals surface area contributed by atoms with Crippen LogP contribution in [0, 0.1) is 10.1 Å². The van der Waals surface area contributed by atoms with E-state index < -0.39 is 17.0 Å². The zero-order valence-corrected chi connectivity index (χ0v) is 12.4. The fourth-order valence-electron chi connectivity index (χ4n) is 2.08. The van der Waals surface area contributed by atoms with Crippen molar-refractivity contribution in [2.45, 2.75) is 6.10 Å². The number of carbonyl (C=O) groups is 1. The maximum absolute atomic E-state index is 11.2. The molecule has 23 heavy (non-hydrogen) atoms. The Morgan fingerprint density at radius 2 is 1.91 bits per heavy atom. The first kappa shape index (κ1) is 16.4. The van der Waals surface area contributed by atoms with Gasteiger partial charge in [-0.1, -0.05) is 36.4 Å². The molecular formula is C17H15NO5. The lowest BCUT2D eigenvalue weighted by Crippen LogP contribution is -2.02. The Hall–Kier alpha value is -2.99. The molecule has 0 saturated heterocycles. The number of nitrogens with zero attached hydrogens (tertiary/aromatic N) is 1. The molecule has 2 aromatic rings. The van der Waals surface area contributed by atoms with Crippen LogP contribution in [0.1, 0.15) is 22.8 Å². The molecule has 0 spiro atoms. The van der Waals surface area contributed by atoms with Gasteiger partial charge in [0.25, 0.3) is 5.69 Å². The molecule has 0 saturated carbocycles. The molecule has 2 aromatic carbocycles. The second-order valence-electron chi connectivity index (χ2n) is 4.75. The number of hydrogen-bond donors (Lipinski definition) is 1. The zero-order valence-electron chi connectivity index (χ0n) is 12.4. The van der Waals surface area contributed by atoms with Gasteiger partial charge in [-0.3, -0.25) is 10.1 Å². The van der Waals surface area contributed by atoms with Crippen LogP contribution in [0.15, 0.2) is 54.6 Å². The number of hydrogen-bond acceptors (Lipinski definition) is 5. The number of nitro groups is 1. The normalized spacial score (nSPS) is 12.1. The van der Waals surface area contributed by atoms with E-state index in [9.17, 15) is 20.0 Å². The van der Waals surface area contributed by atoms with E-state index in [1.165, 1.54) is 25.3 Å². The molecule has 2 rings (SSSR count). The molecule has 0 aliphatic carbocycles. The van der Waals surface area contributed by atoms with Gasteiger partial charge in [-0.2, -0.15) is 0 Å². The number of ether oxygens (including phenoxy) is 1. The van der Waals surface area contributed by atoms with Gasteiger partial charge in [-0.15, -0.1) is 0 Å². The highest BCUT2D eigenvalue weighted by Gasteiger charge is 2.17. The molecule has 0 fully saturated rings. The van der Waals surface area contributed by atoms with Gasteiger partial charge >= 0.3 is 5.97 Å². The van der Waals surface area contributed by atoms with E-state index in [0.29, 0.717) is 11.1 Å². The number of esters is 1. The number of methoxy groups -OCH3 is 1. The Labute approximate surface area is 132 Å². The van der Waals surface area contributed by atoms with E-state index in [4.69, 9.17) is 0 Å². The largest absolute Gasteiger partial charge is 0.466 e. The Bertz CT molecular complexity index is 740. The number of aliphatic hydroxyl groups is 1. The minimum Gasteiger partial charge on any atom is -0.466 e. The first-order chi connectivity index (χ1) is 11.0. The van der Waals surface area contributed by atoms with Gasteiger partial charge in [0.15, 0.2) is 0 Å². The summed E-state index contributed by atoms with van der Waals surface area (Å²) in [6.07, 6.45) is 1.45. The number of aliphatic hydroxyl groups excluding tert-OH is 1. The number of benzene rings is 2. The van der Waals surface area contributed by atoms with Gasteiger partial charge < -0.3 is 9.84 Å². The van der Waals surface area contributed by atoms with Crippen molar-refractivity contribution in [2.24, 2.45) is 0 Å². The van der Waals surface area contributed by atoms with E-state index in [1.54, 1.807) is 30.3 Å². The van der Waals surface area contributed by atoms with Crippen LogP contribution >= 0.6 is 0 Å². The molecule has 6 heteroatoms. The van der Waals surface area contributed by atoms with E-state index in [1.807, 2.05) is 6.07 Å². The van der Waals surface area contributed by atoms with Crippen molar-refractivity contribution in [3.8, 4) is 0 Å². The van der Waals surface area contributed by atoms with Gasteiger partial charge in [0.2, 0.25) is 0 Å². The summed E-state index contributed by atoms with van der Waals surface area (Å²) in [5, 5.41) is 21.6. The lowest BCUT2D eigenvalue weighted by atomic mass is 9.99. The van der Waals surface area contributed by atoms with Gasteiger partial charge in [0, 0.05) is 12.1 Å². The Kier molecular flexibility index (Phi) is 5.22. The van der Waals surface area contributed by atoms with Crippen molar-refractivity contribution in [3.05, 3.63) is 81.4 Å². The molecule has 1 unspecified atom stereocenters. The Morgan fingerprint density at radius 3 is 2.52 bits per heavy atom. The number of carbonyl (C=O) groups excluding carboxylic acids is 1. The summed E-state index contributed by atoms with van der Waals surface area (Å²) in [5.74, 6) is -0.604. The smallest absolute Gasteiger partial charge is 0.330 e. The lowest BCUT2D eigenvalue weighted by Gasteiger charge is -2.11. The van der Waals surface area contributed by atoms with Crippen LogP contribution in [0.25, 0.3) is 6.08 Å². The summed E-state index contributed by atoms with van der Waals surface area (Å²) in [6.45, 7) is 0. The Morgan fingerprint density at radius 1 is 1.22 bits per heavy atom. The third kappa shape index (κ3) is 4.02. The maximum Gasteiger partial charge on any atom is 0.330 e. The monoisotopic (exact) mass is 313 g/mol. The molecule has 0 heterocycles. The van der Waals surface area contributed by atoms with Crippen LogP contribution in [-0.2, 0) is 9.53 Å². The fourth-order valence-corrected chi connectivity index (χ4v) is 2.08. The summed E-state index contributed by atoms with van der Waals surface area (Å²) in [7, 11) is 1.22. The van der Waals surface area contributed by atoms with Crippen molar-refractivity contribution < 1.29 is 19.6 Å². The standard InChI is InChI=1S/C17H15NO5/c1-23-16(19)10-9-12-7-8-14(11-15(12)18(21)22)17(20)13-5-3-2-4-6-13/h2-11,17,20H,1H3/b10-9+. The molecule has 0 radical (unpaired) electrons. The molecule has 1 N–H and O–H groups in total. The summed E-state index contributed by atoms with van der Waals surface area (Å²) in [6, 6.07) is 13.2. The number of rotatable bonds is 5. The average molecular weight is 313 g/mol. The van der Waals surface area contributed by atoms with Gasteiger partial charge in [-0.25, -0.2) is 4.79 Å². The van der Waals surface area contributed by atoms with Crippen LogP contribution in [0.4, 0.5) is 5.69 Å². The number of nitro benzene ring substituents is 1. The first-order valence-electron chi connectivity index (χ1n) is 6.80. The molecule has 0 aliphatic rings. The molecule has 0 amide bonds. The second kappa shape index (κ2) is 7.33. The van der Waals surface area contributed by atoms with E-state index >= 15 is 0 Å². The van der Waals surface area contributed by atoms with Crippen molar-refractivity contribution >= 4 is 17.7 Å². The summed E-state index contributed by atoms with van der Waals surface area (Å²) >= 11 is 0. The van der Waals surface area contributed by atoms with E-state index in [-0.39, 0.29) is 11.3 Å². The van der Waals surface area contributed by atoms with Crippen LogP contribution < -0.4 is 0 Å². The average Bonchev–Trinajstić information content (AvgIpc) is 2.59. The van der Waals surface area contributed by atoms with Crippen LogP contribution in [0.2, 0.25) is 0 Å². The molecule has 0 aliphatic heterocycles. The highest BCUT2D eigenvalue weighted by Crippen LogP contribution is 2.28. The Balaban J connectivity index is 2.38. The third-order valence-corrected chi connectivity index (χ3v) is 3.28. The maximum atomic E-state index is 11.2. The SMILES string of the molecule is COC(=O)/C=C/c1ccc(C(O)c2ccccc2)cc1[N+](=O)[O-]. The summed E-state index contributed by atoms with van der Waals surface area (Å²) in [5.41, 5.74) is 1.10. The van der Waals surface area contributed by atoms with Crippen LogP contribution in [-0.4, -0.2) is 23.1 Å². The molecule has 118 valence electrons. The fraction of sp³-hybridized carbons (Fsp3) is 0.118. The van der Waals surface area contributed by atoms with Gasteiger partial charge in [0.1, 0.15) is 6.10 Å². The zero-order chi connectivity index (χ0) is 16.8. The highest BCUT2D eigenvalue weighted by molar-refractivity contribution is 5.87. The minimum absolute atomic E-state index is 0.197. The molecule has 1 atom stereocenters. The van der Waals surface area contributed by atoms with Crippen LogP contribution in [0.5, 0.6) is 0 Å². The molecule has 0 aromatic heterocycles. The van der Waals surface area contributed by atoms with Gasteiger partial charge in [-0.05, 0) is 23.3 Å². The lowest BCUT2D eigenvalue weighted by molar-refractivity contribution is -0.385. The highest BCUT2D eigenvalue weighted by atomic mass is 16.6. The van der Waals surface area contributed by atoms with Crippen molar-refractivity contribution in [3.63, 3.8) is 0 Å². The first-order valence-corrected chi connectivity index (χ1v) is 6.80. The molecule has 0 bridgehead atoms. The quantitative estimate of drug-likeness (QED) is 0.397. The van der Waals surface area contributed by atoms with Crippen molar-refractivity contribution in [1.82, 2.24) is 0 Å². The van der Waals surface area contributed by atoms with E-state index in [2.05, 4.69) is 4.74 Å².